The van der Waals surface area contributed by atoms with Crippen LogP contribution >= 0.6 is 0 Å². The molecule has 1 atom stereocenters. The van der Waals surface area contributed by atoms with Crippen molar-refractivity contribution < 1.29 is 0 Å². The normalized spacial score (nSPS) is 18.0. The van der Waals surface area contributed by atoms with Crippen LogP contribution in [-0.4, -0.2) is 48.6 Å². The fraction of sp³-hybridized carbons (Fsp3) is 0.429. The summed E-state index contributed by atoms with van der Waals surface area (Å²) >= 11 is 0. The first-order valence-corrected chi connectivity index (χ1v) is 9.06. The summed E-state index contributed by atoms with van der Waals surface area (Å²) in [5.74, 6) is 0. The largest absolute Gasteiger partial charge is 0.328 e. The van der Waals surface area contributed by atoms with E-state index in [1.807, 2.05) is 0 Å². The molecule has 0 amide bonds. The Labute approximate surface area is 146 Å². The molecule has 24 heavy (non-hydrogen) atoms. The van der Waals surface area contributed by atoms with Crippen LogP contribution in [0.3, 0.4) is 0 Å². The smallest absolute Gasteiger partial charge is 0.0602 e. The summed E-state index contributed by atoms with van der Waals surface area (Å²) in [4.78, 5) is 5.17. The number of rotatable bonds is 6. The molecule has 1 aliphatic rings. The molecule has 0 bridgehead atoms. The highest BCUT2D eigenvalue weighted by atomic mass is 15.3. The number of piperazine rings is 1. The molecule has 0 radical (unpaired) electrons. The van der Waals surface area contributed by atoms with Gasteiger partial charge in [0.1, 0.15) is 0 Å². The number of nitrogens with zero attached hydrogens (tertiary/aromatic N) is 2. The highest BCUT2D eigenvalue weighted by Crippen LogP contribution is 2.29. The fourth-order valence-electron chi connectivity index (χ4n) is 3.52. The van der Waals surface area contributed by atoms with Crippen LogP contribution in [0.5, 0.6) is 0 Å². The lowest BCUT2D eigenvalue weighted by Crippen LogP contribution is -2.48. The average Bonchev–Trinajstić information content (AvgIpc) is 2.63. The Morgan fingerprint density at radius 1 is 0.833 bits per heavy atom. The molecule has 0 spiro atoms. The van der Waals surface area contributed by atoms with Crippen molar-refractivity contribution in [3.63, 3.8) is 0 Å². The first-order valence-electron chi connectivity index (χ1n) is 9.06. The van der Waals surface area contributed by atoms with Gasteiger partial charge in [0.25, 0.3) is 0 Å². The monoisotopic (exact) mass is 323 g/mol. The molecule has 1 aliphatic heterocycles. The molecule has 0 saturated carbocycles. The molecule has 3 heteroatoms. The van der Waals surface area contributed by atoms with Gasteiger partial charge in [-0.3, -0.25) is 4.90 Å². The van der Waals surface area contributed by atoms with Crippen LogP contribution in [0, 0.1) is 0 Å². The van der Waals surface area contributed by atoms with Crippen molar-refractivity contribution in [2.75, 3.05) is 32.7 Å². The standard InChI is InChI=1S/C21H29N3/c1-18(22)12-13-23-14-16-24(17-15-23)21(19-8-4-2-5-9-19)20-10-6-3-7-11-20/h2-11,18,21H,12-17,22H2,1H3. The van der Waals surface area contributed by atoms with Gasteiger partial charge in [-0.1, -0.05) is 60.7 Å². The second-order valence-electron chi connectivity index (χ2n) is 6.87. The average molecular weight is 323 g/mol. The molecule has 2 aromatic rings. The first kappa shape index (κ1) is 17.2. The van der Waals surface area contributed by atoms with Gasteiger partial charge in [-0.2, -0.15) is 0 Å². The highest BCUT2D eigenvalue weighted by Gasteiger charge is 2.26. The zero-order chi connectivity index (χ0) is 16.8. The Hall–Kier alpha value is -1.68. The predicted molar refractivity (Wildman–Crippen MR) is 101 cm³/mol. The van der Waals surface area contributed by atoms with Crippen molar-refractivity contribution in [2.24, 2.45) is 5.73 Å². The zero-order valence-electron chi connectivity index (χ0n) is 14.6. The van der Waals surface area contributed by atoms with E-state index in [9.17, 15) is 0 Å². The van der Waals surface area contributed by atoms with E-state index < -0.39 is 0 Å². The Morgan fingerprint density at radius 2 is 1.33 bits per heavy atom. The van der Waals surface area contributed by atoms with Crippen LogP contribution in [0.15, 0.2) is 60.7 Å². The van der Waals surface area contributed by atoms with E-state index in [1.54, 1.807) is 0 Å². The van der Waals surface area contributed by atoms with E-state index in [-0.39, 0.29) is 0 Å². The number of hydrogen-bond donors (Lipinski definition) is 1. The van der Waals surface area contributed by atoms with Crippen LogP contribution in [0.1, 0.15) is 30.5 Å². The minimum Gasteiger partial charge on any atom is -0.328 e. The highest BCUT2D eigenvalue weighted by molar-refractivity contribution is 5.31. The number of nitrogens with two attached hydrogens (primary N) is 1. The van der Waals surface area contributed by atoms with E-state index in [0.29, 0.717) is 12.1 Å². The Bertz CT molecular complexity index is 549. The predicted octanol–water partition coefficient (Wildman–Crippen LogP) is 3.13. The van der Waals surface area contributed by atoms with Crippen molar-refractivity contribution >= 4 is 0 Å². The summed E-state index contributed by atoms with van der Waals surface area (Å²) in [7, 11) is 0. The number of benzene rings is 2. The topological polar surface area (TPSA) is 32.5 Å². The Balaban J connectivity index is 1.71. The van der Waals surface area contributed by atoms with Gasteiger partial charge < -0.3 is 10.6 Å². The van der Waals surface area contributed by atoms with Gasteiger partial charge in [-0.25, -0.2) is 0 Å². The summed E-state index contributed by atoms with van der Waals surface area (Å²) in [6.45, 7) is 7.68. The van der Waals surface area contributed by atoms with E-state index in [2.05, 4.69) is 77.4 Å². The number of hydrogen-bond acceptors (Lipinski definition) is 3. The van der Waals surface area contributed by atoms with E-state index in [4.69, 9.17) is 5.73 Å². The van der Waals surface area contributed by atoms with Crippen molar-refractivity contribution in [2.45, 2.75) is 25.4 Å². The molecule has 1 unspecified atom stereocenters. The molecule has 1 heterocycles. The molecule has 2 aromatic carbocycles. The lowest BCUT2D eigenvalue weighted by Gasteiger charge is -2.40. The van der Waals surface area contributed by atoms with Gasteiger partial charge in [-0.15, -0.1) is 0 Å². The van der Waals surface area contributed by atoms with E-state index in [0.717, 1.165) is 39.1 Å². The third-order valence-electron chi connectivity index (χ3n) is 4.90. The summed E-state index contributed by atoms with van der Waals surface area (Å²) in [5, 5.41) is 0. The molecule has 0 aromatic heterocycles. The molecule has 1 fully saturated rings. The SMILES string of the molecule is CC(N)CCN1CCN(C(c2ccccc2)c2ccccc2)CC1. The van der Waals surface area contributed by atoms with Crippen LogP contribution in [-0.2, 0) is 0 Å². The maximum Gasteiger partial charge on any atom is 0.0602 e. The van der Waals surface area contributed by atoms with Gasteiger partial charge in [0.2, 0.25) is 0 Å². The maximum absolute atomic E-state index is 5.90. The summed E-state index contributed by atoms with van der Waals surface area (Å²) in [6.07, 6.45) is 1.08. The van der Waals surface area contributed by atoms with Crippen molar-refractivity contribution in [1.29, 1.82) is 0 Å². The molecular formula is C21H29N3. The summed E-state index contributed by atoms with van der Waals surface area (Å²) in [5.41, 5.74) is 8.66. The van der Waals surface area contributed by atoms with Crippen molar-refractivity contribution in [3.05, 3.63) is 71.8 Å². The van der Waals surface area contributed by atoms with Crippen LogP contribution < -0.4 is 5.73 Å². The minimum absolute atomic E-state index is 0.296. The van der Waals surface area contributed by atoms with Crippen LogP contribution in [0.2, 0.25) is 0 Å². The second-order valence-corrected chi connectivity index (χ2v) is 6.87. The van der Waals surface area contributed by atoms with Crippen molar-refractivity contribution in [3.8, 4) is 0 Å². The molecular weight excluding hydrogens is 294 g/mol. The van der Waals surface area contributed by atoms with E-state index in [1.165, 1.54) is 11.1 Å². The van der Waals surface area contributed by atoms with Crippen LogP contribution in [0.4, 0.5) is 0 Å². The summed E-state index contributed by atoms with van der Waals surface area (Å²) in [6, 6.07) is 22.4. The Kier molecular flexibility index (Phi) is 6.02. The fourth-order valence-corrected chi connectivity index (χ4v) is 3.52. The molecule has 1 saturated heterocycles. The quantitative estimate of drug-likeness (QED) is 0.886. The minimum atomic E-state index is 0.296. The third-order valence-corrected chi connectivity index (χ3v) is 4.90. The van der Waals surface area contributed by atoms with Crippen LogP contribution in [0.25, 0.3) is 0 Å². The Morgan fingerprint density at radius 3 is 1.79 bits per heavy atom. The van der Waals surface area contributed by atoms with Gasteiger partial charge in [0, 0.05) is 32.2 Å². The maximum atomic E-state index is 5.90. The summed E-state index contributed by atoms with van der Waals surface area (Å²) < 4.78 is 0. The lowest BCUT2D eigenvalue weighted by atomic mass is 9.96. The molecule has 3 nitrogen and oxygen atoms in total. The van der Waals surface area contributed by atoms with Gasteiger partial charge in [-0.05, 0) is 31.0 Å². The van der Waals surface area contributed by atoms with Gasteiger partial charge in [0.05, 0.1) is 6.04 Å². The molecule has 2 N–H and O–H groups in total. The first-order chi connectivity index (χ1) is 11.7. The third kappa shape index (κ3) is 4.44. The second kappa shape index (κ2) is 8.43. The zero-order valence-corrected chi connectivity index (χ0v) is 14.6. The van der Waals surface area contributed by atoms with E-state index >= 15 is 0 Å². The molecule has 128 valence electrons. The van der Waals surface area contributed by atoms with Gasteiger partial charge in [0.15, 0.2) is 0 Å². The van der Waals surface area contributed by atoms with Gasteiger partial charge >= 0.3 is 0 Å². The molecule has 3 rings (SSSR count). The molecule has 0 aliphatic carbocycles. The lowest BCUT2D eigenvalue weighted by molar-refractivity contribution is 0.107. The van der Waals surface area contributed by atoms with Crippen molar-refractivity contribution in [1.82, 2.24) is 9.80 Å².